The van der Waals surface area contributed by atoms with Crippen LogP contribution in [0.25, 0.3) is 11.1 Å². The quantitative estimate of drug-likeness (QED) is 0.575. The van der Waals surface area contributed by atoms with Gasteiger partial charge in [0.05, 0.1) is 21.8 Å². The zero-order chi connectivity index (χ0) is 23.3. The summed E-state index contributed by atoms with van der Waals surface area (Å²) in [5.74, 6) is 0.643. The van der Waals surface area contributed by atoms with Crippen molar-refractivity contribution in [2.45, 2.75) is 31.4 Å². The molecule has 7 nitrogen and oxygen atoms in total. The number of hydrogen-bond donors (Lipinski definition) is 2. The largest absolute Gasteiger partial charge is 0.485 e. The van der Waals surface area contributed by atoms with Gasteiger partial charge in [-0.15, -0.1) is 0 Å². The standard InChI is InChI=1S/C24H23Cl2N5O2/c1-13-18(15-6-4-7-16(25)19(15)26)20(22(28)32)30-23(29-13)31-11-9-24(10-12-31)21(27)14-5-2-3-8-17(14)33-24/h2-8,21H,9-12,27H2,1H3,(H2,28,32)/t21-/m1/s1. The molecule has 0 bridgehead atoms. The van der Waals surface area contributed by atoms with E-state index in [1.807, 2.05) is 36.1 Å². The minimum atomic E-state index is -0.655. The molecule has 1 saturated heterocycles. The van der Waals surface area contributed by atoms with Gasteiger partial charge < -0.3 is 21.1 Å². The molecule has 0 saturated carbocycles. The van der Waals surface area contributed by atoms with E-state index in [-0.39, 0.29) is 11.7 Å². The van der Waals surface area contributed by atoms with E-state index in [9.17, 15) is 4.79 Å². The molecule has 3 heterocycles. The maximum absolute atomic E-state index is 12.4. The number of benzene rings is 2. The van der Waals surface area contributed by atoms with Crippen molar-refractivity contribution in [3.05, 3.63) is 69.5 Å². The third-order valence-corrected chi connectivity index (χ3v) is 7.38. The van der Waals surface area contributed by atoms with Crippen LogP contribution in [0.1, 0.15) is 40.6 Å². The summed E-state index contributed by atoms with van der Waals surface area (Å²) in [5.41, 5.74) is 14.7. The summed E-state index contributed by atoms with van der Waals surface area (Å²) in [6.45, 7) is 3.08. The number of rotatable bonds is 3. The Morgan fingerprint density at radius 3 is 2.55 bits per heavy atom. The first-order chi connectivity index (χ1) is 15.8. The number of aryl methyl sites for hydroxylation is 1. The molecule has 4 N–H and O–H groups in total. The van der Waals surface area contributed by atoms with Crippen molar-refractivity contribution in [1.29, 1.82) is 0 Å². The Labute approximate surface area is 201 Å². The van der Waals surface area contributed by atoms with Crippen molar-refractivity contribution in [2.24, 2.45) is 11.5 Å². The van der Waals surface area contributed by atoms with E-state index in [0.717, 1.165) is 11.3 Å². The zero-order valence-electron chi connectivity index (χ0n) is 18.0. The predicted octanol–water partition coefficient (Wildman–Crippen LogP) is 4.29. The van der Waals surface area contributed by atoms with Gasteiger partial charge in [0.25, 0.3) is 5.91 Å². The molecule has 0 aliphatic carbocycles. The smallest absolute Gasteiger partial charge is 0.268 e. The number of hydrogen-bond acceptors (Lipinski definition) is 6. The third kappa shape index (κ3) is 3.60. The highest BCUT2D eigenvalue weighted by molar-refractivity contribution is 6.43. The Hall–Kier alpha value is -2.87. The average molecular weight is 484 g/mol. The molecular weight excluding hydrogens is 461 g/mol. The van der Waals surface area contributed by atoms with Gasteiger partial charge in [0.2, 0.25) is 5.95 Å². The second kappa shape index (κ2) is 8.17. The lowest BCUT2D eigenvalue weighted by molar-refractivity contribution is 0.0429. The minimum Gasteiger partial charge on any atom is -0.485 e. The molecule has 0 radical (unpaired) electrons. The van der Waals surface area contributed by atoms with Crippen molar-refractivity contribution in [3.8, 4) is 16.9 Å². The molecule has 2 aliphatic rings. The molecule has 1 aromatic heterocycles. The number of halogens is 2. The molecule has 5 rings (SSSR count). The summed E-state index contributed by atoms with van der Waals surface area (Å²) in [5, 5.41) is 0.705. The van der Waals surface area contributed by atoms with Gasteiger partial charge in [0, 0.05) is 42.6 Å². The molecule has 2 aromatic carbocycles. The molecule has 1 amide bonds. The fourth-order valence-electron chi connectivity index (χ4n) is 4.79. The summed E-state index contributed by atoms with van der Waals surface area (Å²) in [4.78, 5) is 23.6. The van der Waals surface area contributed by atoms with E-state index in [4.69, 9.17) is 44.4 Å². The molecule has 0 unspecified atom stereocenters. The number of nitrogens with two attached hydrogens (primary N) is 2. The highest BCUT2D eigenvalue weighted by Crippen LogP contribution is 2.47. The second-order valence-electron chi connectivity index (χ2n) is 8.47. The summed E-state index contributed by atoms with van der Waals surface area (Å²) >= 11 is 12.6. The van der Waals surface area contributed by atoms with Crippen LogP contribution in [0.3, 0.4) is 0 Å². The molecule has 170 valence electrons. The predicted molar refractivity (Wildman–Crippen MR) is 129 cm³/mol. The fraction of sp³-hybridized carbons (Fsp3) is 0.292. The lowest BCUT2D eigenvalue weighted by Gasteiger charge is -2.41. The number of piperidine rings is 1. The molecule has 1 atom stereocenters. The lowest BCUT2D eigenvalue weighted by atomic mass is 9.83. The Balaban J connectivity index is 1.45. The number of carbonyl (C=O) groups excluding carboxylic acids is 1. The van der Waals surface area contributed by atoms with Crippen molar-refractivity contribution in [1.82, 2.24) is 9.97 Å². The summed E-state index contributed by atoms with van der Waals surface area (Å²) < 4.78 is 6.33. The Morgan fingerprint density at radius 1 is 1.12 bits per heavy atom. The van der Waals surface area contributed by atoms with Crippen molar-refractivity contribution < 1.29 is 9.53 Å². The highest BCUT2D eigenvalue weighted by Gasteiger charge is 2.48. The Morgan fingerprint density at radius 2 is 1.85 bits per heavy atom. The van der Waals surface area contributed by atoms with Gasteiger partial charge in [-0.3, -0.25) is 4.79 Å². The maximum atomic E-state index is 12.4. The van der Waals surface area contributed by atoms with Crippen LogP contribution in [-0.4, -0.2) is 34.6 Å². The normalized spacial score (nSPS) is 18.8. The van der Waals surface area contributed by atoms with Crippen LogP contribution >= 0.6 is 23.2 Å². The number of carbonyl (C=O) groups is 1. The van der Waals surface area contributed by atoms with Gasteiger partial charge in [-0.2, -0.15) is 0 Å². The molecule has 9 heteroatoms. The number of amides is 1. The molecule has 1 spiro atoms. The second-order valence-corrected chi connectivity index (χ2v) is 9.25. The van der Waals surface area contributed by atoms with Crippen LogP contribution in [0.4, 0.5) is 5.95 Å². The first-order valence-electron chi connectivity index (χ1n) is 10.7. The van der Waals surface area contributed by atoms with Gasteiger partial charge in [0.1, 0.15) is 17.0 Å². The van der Waals surface area contributed by atoms with Crippen LogP contribution < -0.4 is 21.1 Å². The topological polar surface area (TPSA) is 107 Å². The third-order valence-electron chi connectivity index (χ3n) is 6.56. The maximum Gasteiger partial charge on any atom is 0.268 e. The minimum absolute atomic E-state index is 0.114. The van der Waals surface area contributed by atoms with Crippen molar-refractivity contribution in [3.63, 3.8) is 0 Å². The SMILES string of the molecule is Cc1nc(N2CCC3(CC2)Oc2ccccc2[C@H]3N)nc(C(N)=O)c1-c1cccc(Cl)c1Cl. The lowest BCUT2D eigenvalue weighted by Crippen LogP contribution is -2.51. The summed E-state index contributed by atoms with van der Waals surface area (Å²) in [7, 11) is 0. The van der Waals surface area contributed by atoms with E-state index >= 15 is 0 Å². The Kier molecular flexibility index (Phi) is 5.43. The number of aromatic nitrogens is 2. The molecule has 1 fully saturated rings. The Bertz CT molecular complexity index is 1260. The van der Waals surface area contributed by atoms with Crippen LogP contribution in [0.2, 0.25) is 10.0 Å². The number of para-hydroxylation sites is 1. The molecular formula is C24H23Cl2N5O2. The van der Waals surface area contributed by atoms with Gasteiger partial charge in [0.15, 0.2) is 0 Å². The number of ether oxygens (including phenoxy) is 1. The van der Waals surface area contributed by atoms with Crippen LogP contribution in [0.5, 0.6) is 5.75 Å². The van der Waals surface area contributed by atoms with Crippen LogP contribution in [-0.2, 0) is 0 Å². The van der Waals surface area contributed by atoms with Gasteiger partial charge >= 0.3 is 0 Å². The highest BCUT2D eigenvalue weighted by atomic mass is 35.5. The van der Waals surface area contributed by atoms with Gasteiger partial charge in [-0.25, -0.2) is 9.97 Å². The molecule has 3 aromatic rings. The summed E-state index contributed by atoms with van der Waals surface area (Å²) in [6, 6.07) is 12.9. The van der Waals surface area contributed by atoms with E-state index in [0.29, 0.717) is 58.7 Å². The zero-order valence-corrected chi connectivity index (χ0v) is 19.5. The first-order valence-corrected chi connectivity index (χ1v) is 11.5. The first kappa shape index (κ1) is 21.9. The average Bonchev–Trinajstić information content (AvgIpc) is 3.07. The molecule has 33 heavy (non-hydrogen) atoms. The number of nitrogens with zero attached hydrogens (tertiary/aromatic N) is 3. The number of anilines is 1. The van der Waals surface area contributed by atoms with Crippen molar-refractivity contribution in [2.75, 3.05) is 18.0 Å². The van der Waals surface area contributed by atoms with Gasteiger partial charge in [-0.1, -0.05) is 53.5 Å². The van der Waals surface area contributed by atoms with E-state index in [2.05, 4.69) is 4.98 Å². The fourth-order valence-corrected chi connectivity index (χ4v) is 5.19. The van der Waals surface area contributed by atoms with E-state index in [1.165, 1.54) is 0 Å². The van der Waals surface area contributed by atoms with Gasteiger partial charge in [-0.05, 0) is 19.1 Å². The summed E-state index contributed by atoms with van der Waals surface area (Å²) in [6.07, 6.45) is 1.41. The van der Waals surface area contributed by atoms with E-state index < -0.39 is 11.5 Å². The van der Waals surface area contributed by atoms with Crippen LogP contribution in [0, 0.1) is 6.92 Å². The van der Waals surface area contributed by atoms with Crippen molar-refractivity contribution >= 4 is 35.1 Å². The number of fused-ring (bicyclic) bond motifs is 1. The monoisotopic (exact) mass is 483 g/mol. The van der Waals surface area contributed by atoms with E-state index in [1.54, 1.807) is 18.2 Å². The molecule has 2 aliphatic heterocycles. The van der Waals surface area contributed by atoms with Crippen LogP contribution in [0.15, 0.2) is 42.5 Å². The number of primary amides is 1.